The van der Waals surface area contributed by atoms with Gasteiger partial charge in [-0.15, -0.1) is 11.3 Å². The van der Waals surface area contributed by atoms with Gasteiger partial charge in [-0.25, -0.2) is 13.6 Å². The number of carbonyl (C=O) groups is 1. The van der Waals surface area contributed by atoms with E-state index in [0.717, 1.165) is 11.3 Å². The van der Waals surface area contributed by atoms with Crippen LogP contribution in [-0.2, 0) is 10.0 Å². The van der Waals surface area contributed by atoms with Crippen molar-refractivity contribution in [3.8, 4) is 0 Å². The Morgan fingerprint density at radius 1 is 1.55 bits per heavy atom. The molecule has 22 heavy (non-hydrogen) atoms. The monoisotopic (exact) mass is 347 g/mol. The van der Waals surface area contributed by atoms with E-state index in [1.165, 1.54) is 16.3 Å². The van der Waals surface area contributed by atoms with Gasteiger partial charge in [0.1, 0.15) is 9.77 Å². The number of likely N-dealkylation sites (N-methyl/N-ethyl adjacent to an activating group) is 1. The Balaban J connectivity index is 2.22. The predicted molar refractivity (Wildman–Crippen MR) is 84.3 cm³/mol. The summed E-state index contributed by atoms with van der Waals surface area (Å²) in [6, 6.07) is 1.34. The van der Waals surface area contributed by atoms with Gasteiger partial charge >= 0.3 is 0 Å². The molecule has 0 bridgehead atoms. The van der Waals surface area contributed by atoms with E-state index >= 15 is 0 Å². The molecule has 7 nitrogen and oxygen atoms in total. The number of rotatable bonds is 4. The van der Waals surface area contributed by atoms with Crippen LogP contribution >= 0.6 is 11.3 Å². The maximum Gasteiger partial charge on any atom is 0.265 e. The average molecular weight is 347 g/mol. The number of hydrogen-bond acceptors (Lipinski definition) is 6. The first-order chi connectivity index (χ1) is 10.1. The van der Waals surface area contributed by atoms with Crippen molar-refractivity contribution in [1.82, 2.24) is 9.80 Å². The molecule has 0 saturated carbocycles. The van der Waals surface area contributed by atoms with E-state index in [0.29, 0.717) is 25.9 Å². The highest BCUT2D eigenvalue weighted by molar-refractivity contribution is 7.89. The Morgan fingerprint density at radius 2 is 2.23 bits per heavy atom. The smallest absolute Gasteiger partial charge is 0.265 e. The van der Waals surface area contributed by atoms with Gasteiger partial charge in [-0.2, -0.15) is 0 Å². The molecular weight excluding hydrogens is 326 g/mol. The highest BCUT2D eigenvalue weighted by atomic mass is 32.2. The summed E-state index contributed by atoms with van der Waals surface area (Å²) >= 11 is 1.05. The Hall–Kier alpha value is -1.00. The maximum atomic E-state index is 12.6. The van der Waals surface area contributed by atoms with E-state index in [9.17, 15) is 18.3 Å². The third-order valence-corrected chi connectivity index (χ3v) is 5.57. The number of aliphatic hydroxyl groups is 1. The lowest BCUT2D eigenvalue weighted by atomic mass is 9.92. The highest BCUT2D eigenvalue weighted by Crippen LogP contribution is 2.27. The van der Waals surface area contributed by atoms with E-state index in [-0.39, 0.29) is 16.3 Å². The van der Waals surface area contributed by atoms with E-state index in [1.54, 1.807) is 0 Å². The fourth-order valence-corrected chi connectivity index (χ4v) is 4.76. The molecule has 1 aromatic rings. The van der Waals surface area contributed by atoms with Crippen LogP contribution < -0.4 is 5.14 Å². The van der Waals surface area contributed by atoms with Crippen LogP contribution in [0.15, 0.2) is 16.3 Å². The summed E-state index contributed by atoms with van der Waals surface area (Å²) in [5.41, 5.74) is -0.976. The van der Waals surface area contributed by atoms with Crippen molar-refractivity contribution in [3.05, 3.63) is 16.3 Å². The minimum atomic E-state index is -3.93. The number of piperidine rings is 1. The summed E-state index contributed by atoms with van der Waals surface area (Å²) in [6.45, 7) is 1.13. The molecule has 1 saturated heterocycles. The third kappa shape index (κ3) is 3.85. The number of primary sulfonamides is 1. The van der Waals surface area contributed by atoms with Gasteiger partial charge in [0, 0.05) is 13.1 Å². The summed E-state index contributed by atoms with van der Waals surface area (Å²) in [7, 11) is -0.213. The minimum Gasteiger partial charge on any atom is -0.387 e. The number of hydrogen-bond donors (Lipinski definition) is 2. The van der Waals surface area contributed by atoms with Gasteiger partial charge in [-0.1, -0.05) is 0 Å². The topological polar surface area (TPSA) is 104 Å². The number of nitrogens with two attached hydrogens (primary N) is 1. The molecule has 2 heterocycles. The first-order valence-corrected chi connectivity index (χ1v) is 9.32. The van der Waals surface area contributed by atoms with Crippen molar-refractivity contribution in [2.24, 2.45) is 5.14 Å². The van der Waals surface area contributed by atoms with Gasteiger partial charge in [0.25, 0.3) is 5.91 Å². The molecule has 124 valence electrons. The molecule has 1 aliphatic heterocycles. The Kier molecular flexibility index (Phi) is 4.93. The normalized spacial score (nSPS) is 23.0. The van der Waals surface area contributed by atoms with E-state index in [2.05, 4.69) is 0 Å². The first kappa shape index (κ1) is 17.4. The SMILES string of the molecule is CN(C)CC1(O)CCCN(C(=O)c2sccc2S(N)(=O)=O)C1. The molecule has 0 aliphatic carbocycles. The predicted octanol–water partition coefficient (Wildman–Crippen LogP) is -0.0758. The number of β-amino-alcohol motifs (C(OH)–C–C–N with tert-alkyl or cyclic N) is 1. The summed E-state index contributed by atoms with van der Waals surface area (Å²) in [6.07, 6.45) is 1.29. The van der Waals surface area contributed by atoms with Gasteiger partial charge in [0.15, 0.2) is 0 Å². The van der Waals surface area contributed by atoms with Gasteiger partial charge < -0.3 is 14.9 Å². The van der Waals surface area contributed by atoms with Crippen LogP contribution in [0.4, 0.5) is 0 Å². The number of thiophene rings is 1. The second-order valence-electron chi connectivity index (χ2n) is 5.95. The number of likely N-dealkylation sites (tertiary alicyclic amines) is 1. The molecule has 0 spiro atoms. The van der Waals surface area contributed by atoms with Crippen molar-refractivity contribution in [2.45, 2.75) is 23.3 Å². The largest absolute Gasteiger partial charge is 0.387 e. The molecule has 1 amide bonds. The lowest BCUT2D eigenvalue weighted by Gasteiger charge is -2.40. The van der Waals surface area contributed by atoms with Crippen LogP contribution in [0, 0.1) is 0 Å². The van der Waals surface area contributed by atoms with Crippen molar-refractivity contribution >= 4 is 27.3 Å². The zero-order valence-electron chi connectivity index (χ0n) is 12.7. The summed E-state index contributed by atoms with van der Waals surface area (Å²) < 4.78 is 23.1. The summed E-state index contributed by atoms with van der Waals surface area (Å²) in [5, 5.41) is 17.3. The van der Waals surface area contributed by atoms with Crippen molar-refractivity contribution in [3.63, 3.8) is 0 Å². The highest BCUT2D eigenvalue weighted by Gasteiger charge is 2.37. The zero-order valence-corrected chi connectivity index (χ0v) is 14.3. The molecule has 1 aliphatic rings. The lowest BCUT2D eigenvalue weighted by Crippen LogP contribution is -2.54. The number of carbonyl (C=O) groups excluding carboxylic acids is 1. The maximum absolute atomic E-state index is 12.6. The number of amides is 1. The van der Waals surface area contributed by atoms with E-state index in [1.807, 2.05) is 19.0 Å². The van der Waals surface area contributed by atoms with Gasteiger partial charge in [0.05, 0.1) is 12.1 Å². The molecule has 0 radical (unpaired) electrons. The van der Waals surface area contributed by atoms with E-state index in [4.69, 9.17) is 5.14 Å². The van der Waals surface area contributed by atoms with Crippen LogP contribution in [-0.4, -0.2) is 68.6 Å². The van der Waals surface area contributed by atoms with Crippen LogP contribution in [0.3, 0.4) is 0 Å². The summed E-state index contributed by atoms with van der Waals surface area (Å²) in [4.78, 5) is 15.9. The van der Waals surface area contributed by atoms with Crippen LogP contribution in [0.1, 0.15) is 22.5 Å². The average Bonchev–Trinajstić information content (AvgIpc) is 2.85. The fourth-order valence-electron chi connectivity index (χ4n) is 2.82. The molecule has 1 unspecified atom stereocenters. The Bertz CT molecular complexity index is 656. The quantitative estimate of drug-likeness (QED) is 0.793. The number of sulfonamides is 1. The molecule has 0 aromatic carbocycles. The second kappa shape index (κ2) is 6.25. The number of nitrogens with zero attached hydrogens (tertiary/aromatic N) is 2. The Labute approximate surface area is 134 Å². The molecule has 1 aromatic heterocycles. The van der Waals surface area contributed by atoms with Crippen LogP contribution in [0.2, 0.25) is 0 Å². The molecular formula is C13H21N3O4S2. The van der Waals surface area contributed by atoms with Gasteiger partial charge in [0.2, 0.25) is 10.0 Å². The molecule has 1 atom stereocenters. The first-order valence-electron chi connectivity index (χ1n) is 6.89. The molecule has 3 N–H and O–H groups in total. The standard InChI is InChI=1S/C13H21N3O4S2/c1-15(2)8-13(18)5-3-6-16(9-13)12(17)11-10(4-7-21-11)22(14,19)20/h4,7,18H,3,5-6,8-9H2,1-2H3,(H2,14,19,20). The van der Waals surface area contributed by atoms with Crippen LogP contribution in [0.5, 0.6) is 0 Å². The fraction of sp³-hybridized carbons (Fsp3) is 0.615. The lowest BCUT2D eigenvalue weighted by molar-refractivity contribution is -0.0391. The van der Waals surface area contributed by atoms with Crippen LogP contribution in [0.25, 0.3) is 0 Å². The van der Waals surface area contributed by atoms with Crippen molar-refractivity contribution in [2.75, 3.05) is 33.7 Å². The minimum absolute atomic E-state index is 0.108. The van der Waals surface area contributed by atoms with Gasteiger partial charge in [-0.05, 0) is 38.4 Å². The summed E-state index contributed by atoms with van der Waals surface area (Å²) in [5.74, 6) is -0.393. The van der Waals surface area contributed by atoms with Crippen molar-refractivity contribution in [1.29, 1.82) is 0 Å². The Morgan fingerprint density at radius 3 is 2.82 bits per heavy atom. The molecule has 9 heteroatoms. The molecule has 2 rings (SSSR count). The molecule has 1 fully saturated rings. The third-order valence-electron chi connectivity index (χ3n) is 3.58. The van der Waals surface area contributed by atoms with Gasteiger partial charge in [-0.3, -0.25) is 4.79 Å². The zero-order chi connectivity index (χ0) is 16.5. The second-order valence-corrected chi connectivity index (χ2v) is 8.40. The van der Waals surface area contributed by atoms with E-state index < -0.39 is 21.5 Å². The van der Waals surface area contributed by atoms with Crippen molar-refractivity contribution < 1.29 is 18.3 Å².